The lowest BCUT2D eigenvalue weighted by Gasteiger charge is -2.04. The SMILES string of the molecule is Cc1ccc(-c2nc3cc4nc5ccccc5nc4cc3n2C)cc1. The first kappa shape index (κ1) is 14.1. The molecule has 4 nitrogen and oxygen atoms in total. The maximum Gasteiger partial charge on any atom is 0.140 e. The van der Waals surface area contributed by atoms with Gasteiger partial charge in [-0.3, -0.25) is 0 Å². The first-order chi connectivity index (χ1) is 12.2. The lowest BCUT2D eigenvalue weighted by molar-refractivity contribution is 0.959. The summed E-state index contributed by atoms with van der Waals surface area (Å²) in [4.78, 5) is 14.3. The van der Waals surface area contributed by atoms with Crippen LogP contribution in [0.4, 0.5) is 0 Å². The highest BCUT2D eigenvalue weighted by atomic mass is 15.1. The van der Waals surface area contributed by atoms with E-state index in [2.05, 4.69) is 41.8 Å². The van der Waals surface area contributed by atoms with E-state index in [9.17, 15) is 0 Å². The van der Waals surface area contributed by atoms with Gasteiger partial charge in [-0.25, -0.2) is 15.0 Å². The quantitative estimate of drug-likeness (QED) is 0.422. The van der Waals surface area contributed by atoms with E-state index in [4.69, 9.17) is 15.0 Å². The van der Waals surface area contributed by atoms with E-state index in [1.54, 1.807) is 0 Å². The summed E-state index contributed by atoms with van der Waals surface area (Å²) >= 11 is 0. The predicted molar refractivity (Wildman–Crippen MR) is 101 cm³/mol. The molecule has 0 spiro atoms. The van der Waals surface area contributed by atoms with Crippen molar-refractivity contribution in [3.8, 4) is 11.4 Å². The Morgan fingerprint density at radius 2 is 1.32 bits per heavy atom. The second-order valence-electron chi connectivity index (χ2n) is 6.40. The zero-order chi connectivity index (χ0) is 17.0. The maximum absolute atomic E-state index is 4.84. The van der Waals surface area contributed by atoms with Gasteiger partial charge in [0.15, 0.2) is 0 Å². The van der Waals surface area contributed by atoms with Crippen molar-refractivity contribution in [2.24, 2.45) is 7.05 Å². The average molecular weight is 324 g/mol. The van der Waals surface area contributed by atoms with Crippen LogP contribution in [0.5, 0.6) is 0 Å². The number of fused-ring (bicyclic) bond motifs is 3. The summed E-state index contributed by atoms with van der Waals surface area (Å²) in [5, 5.41) is 0. The van der Waals surface area contributed by atoms with Crippen molar-refractivity contribution in [2.45, 2.75) is 6.92 Å². The number of aromatic nitrogens is 4. The van der Waals surface area contributed by atoms with Gasteiger partial charge in [0.2, 0.25) is 0 Å². The third-order valence-electron chi connectivity index (χ3n) is 4.65. The Balaban J connectivity index is 1.79. The number of imidazole rings is 1. The molecule has 0 N–H and O–H groups in total. The summed E-state index contributed by atoms with van der Waals surface area (Å²) in [7, 11) is 2.05. The van der Waals surface area contributed by atoms with Crippen molar-refractivity contribution in [1.82, 2.24) is 19.5 Å². The normalized spacial score (nSPS) is 11.6. The van der Waals surface area contributed by atoms with Gasteiger partial charge >= 0.3 is 0 Å². The van der Waals surface area contributed by atoms with Gasteiger partial charge in [0.25, 0.3) is 0 Å². The minimum Gasteiger partial charge on any atom is -0.327 e. The summed E-state index contributed by atoms with van der Waals surface area (Å²) in [6.45, 7) is 2.09. The highest BCUT2D eigenvalue weighted by Gasteiger charge is 2.12. The van der Waals surface area contributed by atoms with Gasteiger partial charge in [-0.2, -0.15) is 0 Å². The topological polar surface area (TPSA) is 43.6 Å². The number of rotatable bonds is 1. The van der Waals surface area contributed by atoms with E-state index in [1.807, 2.05) is 37.4 Å². The summed E-state index contributed by atoms with van der Waals surface area (Å²) in [6.07, 6.45) is 0. The summed E-state index contributed by atoms with van der Waals surface area (Å²) in [5.74, 6) is 0.954. The lowest BCUT2D eigenvalue weighted by Crippen LogP contribution is -1.93. The average Bonchev–Trinajstić information content (AvgIpc) is 2.94. The molecule has 2 aromatic heterocycles. The van der Waals surface area contributed by atoms with Crippen molar-refractivity contribution in [3.63, 3.8) is 0 Å². The van der Waals surface area contributed by atoms with Crippen LogP contribution in [0.15, 0.2) is 60.7 Å². The molecular weight excluding hydrogens is 308 g/mol. The molecule has 0 saturated carbocycles. The smallest absolute Gasteiger partial charge is 0.140 e. The molecule has 2 heterocycles. The third kappa shape index (κ3) is 2.18. The van der Waals surface area contributed by atoms with Gasteiger partial charge in [-0.1, -0.05) is 42.0 Å². The molecule has 0 amide bonds. The van der Waals surface area contributed by atoms with Crippen LogP contribution in [-0.2, 0) is 7.05 Å². The molecule has 5 rings (SSSR count). The first-order valence-electron chi connectivity index (χ1n) is 8.29. The Hall–Kier alpha value is -3.27. The number of nitrogens with zero attached hydrogens (tertiary/aromatic N) is 4. The highest BCUT2D eigenvalue weighted by Crippen LogP contribution is 2.27. The number of hydrogen-bond donors (Lipinski definition) is 0. The van der Waals surface area contributed by atoms with E-state index < -0.39 is 0 Å². The summed E-state index contributed by atoms with van der Waals surface area (Å²) in [5.41, 5.74) is 7.94. The summed E-state index contributed by atoms with van der Waals surface area (Å²) < 4.78 is 2.12. The predicted octanol–water partition coefficient (Wildman–Crippen LogP) is 4.65. The second-order valence-corrected chi connectivity index (χ2v) is 6.40. The highest BCUT2D eigenvalue weighted by molar-refractivity contribution is 5.96. The number of hydrogen-bond acceptors (Lipinski definition) is 3. The zero-order valence-corrected chi connectivity index (χ0v) is 14.1. The molecule has 4 heteroatoms. The lowest BCUT2D eigenvalue weighted by atomic mass is 10.1. The molecule has 0 saturated heterocycles. The van der Waals surface area contributed by atoms with Crippen molar-refractivity contribution >= 4 is 33.1 Å². The van der Waals surface area contributed by atoms with E-state index in [0.29, 0.717) is 0 Å². The Morgan fingerprint density at radius 3 is 2.00 bits per heavy atom. The van der Waals surface area contributed by atoms with Gasteiger partial charge in [-0.05, 0) is 31.2 Å². The van der Waals surface area contributed by atoms with Crippen LogP contribution in [0.2, 0.25) is 0 Å². The number of benzene rings is 3. The Kier molecular flexibility index (Phi) is 2.88. The van der Waals surface area contributed by atoms with Gasteiger partial charge in [-0.15, -0.1) is 0 Å². The molecule has 0 bridgehead atoms. The van der Waals surface area contributed by atoms with Crippen molar-refractivity contribution in [1.29, 1.82) is 0 Å². The molecule has 3 aromatic carbocycles. The molecule has 0 fully saturated rings. The van der Waals surface area contributed by atoms with E-state index in [-0.39, 0.29) is 0 Å². The van der Waals surface area contributed by atoms with Crippen molar-refractivity contribution in [3.05, 3.63) is 66.2 Å². The minimum absolute atomic E-state index is 0.875. The molecule has 0 aliphatic heterocycles. The fourth-order valence-electron chi connectivity index (χ4n) is 3.27. The van der Waals surface area contributed by atoms with Gasteiger partial charge in [0.05, 0.1) is 33.1 Å². The van der Waals surface area contributed by atoms with Crippen LogP contribution < -0.4 is 0 Å². The van der Waals surface area contributed by atoms with Crippen LogP contribution in [0.1, 0.15) is 5.56 Å². The molecule has 0 unspecified atom stereocenters. The molecule has 5 aromatic rings. The van der Waals surface area contributed by atoms with Gasteiger partial charge in [0, 0.05) is 12.6 Å². The maximum atomic E-state index is 4.84. The molecular formula is C21H16N4. The monoisotopic (exact) mass is 324 g/mol. The first-order valence-corrected chi connectivity index (χ1v) is 8.29. The minimum atomic E-state index is 0.875. The van der Waals surface area contributed by atoms with Gasteiger partial charge in [0.1, 0.15) is 5.82 Å². The van der Waals surface area contributed by atoms with E-state index in [1.165, 1.54) is 5.56 Å². The Labute approximate surface area is 144 Å². The zero-order valence-electron chi connectivity index (χ0n) is 14.1. The number of aryl methyl sites for hydroxylation is 2. The van der Waals surface area contributed by atoms with Crippen LogP contribution in [0.3, 0.4) is 0 Å². The fourth-order valence-corrected chi connectivity index (χ4v) is 3.27. The Bertz CT molecular complexity index is 1250. The van der Waals surface area contributed by atoms with E-state index in [0.717, 1.165) is 44.5 Å². The van der Waals surface area contributed by atoms with Crippen LogP contribution in [0, 0.1) is 6.92 Å². The second kappa shape index (κ2) is 5.11. The van der Waals surface area contributed by atoms with Gasteiger partial charge < -0.3 is 4.57 Å². The molecule has 0 atom stereocenters. The van der Waals surface area contributed by atoms with E-state index >= 15 is 0 Å². The molecule has 25 heavy (non-hydrogen) atoms. The fraction of sp³-hybridized carbons (Fsp3) is 0.0952. The summed E-state index contributed by atoms with van der Waals surface area (Å²) in [6, 6.07) is 20.5. The van der Waals surface area contributed by atoms with Crippen LogP contribution >= 0.6 is 0 Å². The van der Waals surface area contributed by atoms with Crippen molar-refractivity contribution < 1.29 is 0 Å². The molecule has 0 radical (unpaired) electrons. The van der Waals surface area contributed by atoms with Crippen molar-refractivity contribution in [2.75, 3.05) is 0 Å². The Morgan fingerprint density at radius 1 is 0.680 bits per heavy atom. The van der Waals surface area contributed by atoms with Crippen LogP contribution in [0.25, 0.3) is 44.5 Å². The molecule has 0 aliphatic carbocycles. The standard InChI is InChI=1S/C21H16N4/c1-13-7-9-14(10-8-13)21-24-19-11-17-18(12-20(19)25(21)2)23-16-6-4-3-5-15(16)22-17/h3-12H,1-2H3. The molecule has 0 aliphatic rings. The molecule has 120 valence electrons. The third-order valence-corrected chi connectivity index (χ3v) is 4.65. The number of para-hydroxylation sites is 2. The largest absolute Gasteiger partial charge is 0.327 e. The van der Waals surface area contributed by atoms with Crippen LogP contribution in [-0.4, -0.2) is 19.5 Å².